The number of amides is 3. The van der Waals surface area contributed by atoms with Gasteiger partial charge in [-0.25, -0.2) is 8.78 Å². The number of likely N-dealkylation sites (tertiary alicyclic amines) is 1. The minimum absolute atomic E-state index is 0.00230. The van der Waals surface area contributed by atoms with Gasteiger partial charge in [0.15, 0.2) is 0 Å². The van der Waals surface area contributed by atoms with Gasteiger partial charge in [0.25, 0.3) is 0 Å². The molecule has 3 fully saturated rings. The van der Waals surface area contributed by atoms with Crippen molar-refractivity contribution in [2.45, 2.75) is 38.1 Å². The Bertz CT molecular complexity index is 816. The zero-order valence-electron chi connectivity index (χ0n) is 15.5. The van der Waals surface area contributed by atoms with Crippen LogP contribution in [0.2, 0.25) is 0 Å². The monoisotopic (exact) mass is 391 g/mol. The van der Waals surface area contributed by atoms with E-state index < -0.39 is 17.6 Å². The molecule has 150 valence electrons. The first-order chi connectivity index (χ1) is 13.4. The summed E-state index contributed by atoms with van der Waals surface area (Å²) in [4.78, 5) is 40.3. The Hall–Kier alpha value is -2.51. The van der Waals surface area contributed by atoms with E-state index in [-0.39, 0.29) is 48.3 Å². The van der Waals surface area contributed by atoms with Crippen LogP contribution in [0.25, 0.3) is 0 Å². The Morgan fingerprint density at radius 1 is 1.14 bits per heavy atom. The molecule has 3 saturated heterocycles. The SMILES string of the molecule is O=C1C[C@H]([C@H]2CCCCN2C(=O)[C@H]2CC(=O)N(c3ccc(F)cc3F)C2)CN1. The summed E-state index contributed by atoms with van der Waals surface area (Å²) < 4.78 is 27.3. The van der Waals surface area contributed by atoms with Crippen LogP contribution in [-0.2, 0) is 14.4 Å². The number of benzene rings is 1. The molecule has 0 aliphatic carbocycles. The van der Waals surface area contributed by atoms with E-state index in [1.807, 2.05) is 4.90 Å². The molecule has 28 heavy (non-hydrogen) atoms. The highest BCUT2D eigenvalue weighted by atomic mass is 19.1. The van der Waals surface area contributed by atoms with Crippen molar-refractivity contribution in [3.8, 4) is 0 Å². The Balaban J connectivity index is 1.49. The lowest BCUT2D eigenvalue weighted by molar-refractivity contribution is -0.140. The van der Waals surface area contributed by atoms with Crippen LogP contribution in [-0.4, -0.2) is 48.3 Å². The first kappa shape index (κ1) is 18.8. The zero-order chi connectivity index (χ0) is 19.8. The number of carbonyl (C=O) groups excluding carboxylic acids is 3. The maximum Gasteiger partial charge on any atom is 0.228 e. The average Bonchev–Trinajstić information content (AvgIpc) is 3.27. The topological polar surface area (TPSA) is 69.7 Å². The van der Waals surface area contributed by atoms with Crippen LogP contribution >= 0.6 is 0 Å². The summed E-state index contributed by atoms with van der Waals surface area (Å²) in [6.45, 7) is 1.28. The Morgan fingerprint density at radius 3 is 2.68 bits per heavy atom. The number of halogens is 2. The molecule has 0 unspecified atom stereocenters. The van der Waals surface area contributed by atoms with E-state index in [0.29, 0.717) is 19.5 Å². The van der Waals surface area contributed by atoms with Crippen LogP contribution in [0, 0.1) is 23.5 Å². The van der Waals surface area contributed by atoms with Gasteiger partial charge in [-0.15, -0.1) is 0 Å². The number of hydrogen-bond acceptors (Lipinski definition) is 3. The van der Waals surface area contributed by atoms with E-state index in [4.69, 9.17) is 0 Å². The largest absolute Gasteiger partial charge is 0.356 e. The summed E-state index contributed by atoms with van der Waals surface area (Å²) in [5.41, 5.74) is 0.00230. The zero-order valence-corrected chi connectivity index (χ0v) is 15.5. The van der Waals surface area contributed by atoms with Gasteiger partial charge in [0.2, 0.25) is 17.7 Å². The molecule has 0 radical (unpaired) electrons. The van der Waals surface area contributed by atoms with Gasteiger partial charge in [-0.05, 0) is 31.4 Å². The van der Waals surface area contributed by atoms with E-state index in [0.717, 1.165) is 31.4 Å². The van der Waals surface area contributed by atoms with Crippen LogP contribution in [0.3, 0.4) is 0 Å². The molecule has 1 aromatic rings. The molecule has 0 saturated carbocycles. The van der Waals surface area contributed by atoms with Crippen molar-refractivity contribution in [2.24, 2.45) is 11.8 Å². The number of piperidine rings is 1. The third-order valence-corrected chi connectivity index (χ3v) is 6.06. The number of rotatable bonds is 3. The first-order valence-corrected chi connectivity index (χ1v) is 9.76. The lowest BCUT2D eigenvalue weighted by atomic mass is 9.88. The summed E-state index contributed by atoms with van der Waals surface area (Å²) in [6, 6.07) is 3.07. The highest BCUT2D eigenvalue weighted by Gasteiger charge is 2.42. The summed E-state index contributed by atoms with van der Waals surface area (Å²) in [6.07, 6.45) is 3.19. The number of hydrogen-bond donors (Lipinski definition) is 1. The molecular formula is C20H23F2N3O3. The molecule has 3 atom stereocenters. The van der Waals surface area contributed by atoms with Gasteiger partial charge in [-0.2, -0.15) is 0 Å². The summed E-state index contributed by atoms with van der Waals surface area (Å²) >= 11 is 0. The average molecular weight is 391 g/mol. The van der Waals surface area contributed by atoms with Crippen molar-refractivity contribution in [1.29, 1.82) is 0 Å². The van der Waals surface area contributed by atoms with Crippen molar-refractivity contribution in [2.75, 3.05) is 24.5 Å². The van der Waals surface area contributed by atoms with Gasteiger partial charge in [0.1, 0.15) is 11.6 Å². The highest BCUT2D eigenvalue weighted by molar-refractivity contribution is 6.00. The number of nitrogens with one attached hydrogen (secondary N) is 1. The maximum atomic E-state index is 14.1. The molecule has 3 aliphatic heterocycles. The minimum atomic E-state index is -0.812. The molecular weight excluding hydrogens is 368 g/mol. The summed E-state index contributed by atoms with van der Waals surface area (Å²) in [5, 5.41) is 2.83. The quantitative estimate of drug-likeness (QED) is 0.855. The second-order valence-corrected chi connectivity index (χ2v) is 7.86. The van der Waals surface area contributed by atoms with E-state index in [9.17, 15) is 23.2 Å². The van der Waals surface area contributed by atoms with Crippen molar-refractivity contribution in [3.63, 3.8) is 0 Å². The van der Waals surface area contributed by atoms with Gasteiger partial charge >= 0.3 is 0 Å². The Morgan fingerprint density at radius 2 is 1.96 bits per heavy atom. The standard InChI is InChI=1S/C20H23F2N3O3/c21-14-4-5-17(15(22)9-14)25-11-13(8-19(25)27)20(28)24-6-2-1-3-16(24)12-7-18(26)23-10-12/h4-5,9,12-13,16H,1-3,6-8,10-11H2,(H,23,26)/t12-,13-,16+/m0/s1. The van der Waals surface area contributed by atoms with E-state index >= 15 is 0 Å². The molecule has 0 aromatic heterocycles. The molecule has 1 aromatic carbocycles. The lowest BCUT2D eigenvalue weighted by Crippen LogP contribution is -2.50. The van der Waals surface area contributed by atoms with Gasteiger partial charge < -0.3 is 15.1 Å². The molecule has 4 rings (SSSR count). The second-order valence-electron chi connectivity index (χ2n) is 7.86. The molecule has 0 spiro atoms. The molecule has 3 amide bonds. The van der Waals surface area contributed by atoms with Crippen molar-refractivity contribution < 1.29 is 23.2 Å². The van der Waals surface area contributed by atoms with Gasteiger partial charge in [0.05, 0.1) is 11.6 Å². The first-order valence-electron chi connectivity index (χ1n) is 9.76. The van der Waals surface area contributed by atoms with Gasteiger partial charge in [-0.3, -0.25) is 14.4 Å². The molecule has 8 heteroatoms. The molecule has 1 N–H and O–H groups in total. The van der Waals surface area contributed by atoms with E-state index in [2.05, 4.69) is 5.32 Å². The highest BCUT2D eigenvalue weighted by Crippen LogP contribution is 2.33. The Kier molecular flexibility index (Phi) is 5.03. The lowest BCUT2D eigenvalue weighted by Gasteiger charge is -2.40. The van der Waals surface area contributed by atoms with Crippen LogP contribution in [0.5, 0.6) is 0 Å². The van der Waals surface area contributed by atoms with E-state index in [1.54, 1.807) is 0 Å². The summed E-state index contributed by atoms with van der Waals surface area (Å²) in [5.74, 6) is -2.42. The van der Waals surface area contributed by atoms with Gasteiger partial charge in [0, 0.05) is 50.5 Å². The molecule has 3 aliphatic rings. The van der Waals surface area contributed by atoms with Gasteiger partial charge in [-0.1, -0.05) is 0 Å². The predicted octanol–water partition coefficient (Wildman–Crippen LogP) is 1.83. The number of anilines is 1. The number of nitrogens with zero attached hydrogens (tertiary/aromatic N) is 2. The fraction of sp³-hybridized carbons (Fsp3) is 0.550. The van der Waals surface area contributed by atoms with Crippen molar-refractivity contribution >= 4 is 23.4 Å². The van der Waals surface area contributed by atoms with E-state index in [1.165, 1.54) is 11.0 Å². The van der Waals surface area contributed by atoms with Crippen LogP contribution in [0.4, 0.5) is 14.5 Å². The summed E-state index contributed by atoms with van der Waals surface area (Å²) in [7, 11) is 0. The Labute approximate surface area is 161 Å². The predicted molar refractivity (Wildman–Crippen MR) is 97.3 cm³/mol. The third-order valence-electron chi connectivity index (χ3n) is 6.06. The number of carbonyl (C=O) groups is 3. The maximum absolute atomic E-state index is 14.1. The normalized spacial score (nSPS) is 28.0. The van der Waals surface area contributed by atoms with Crippen LogP contribution < -0.4 is 10.2 Å². The second kappa shape index (κ2) is 7.48. The molecule has 3 heterocycles. The van der Waals surface area contributed by atoms with Crippen LogP contribution in [0.15, 0.2) is 18.2 Å². The van der Waals surface area contributed by atoms with Crippen LogP contribution in [0.1, 0.15) is 32.1 Å². The fourth-order valence-electron chi connectivity index (χ4n) is 4.66. The molecule has 0 bridgehead atoms. The minimum Gasteiger partial charge on any atom is -0.356 e. The molecule has 6 nitrogen and oxygen atoms in total. The fourth-order valence-corrected chi connectivity index (χ4v) is 4.66. The van der Waals surface area contributed by atoms with Crippen molar-refractivity contribution in [3.05, 3.63) is 29.8 Å². The third kappa shape index (κ3) is 3.47. The van der Waals surface area contributed by atoms with Crippen molar-refractivity contribution in [1.82, 2.24) is 10.2 Å². The smallest absolute Gasteiger partial charge is 0.228 e.